The van der Waals surface area contributed by atoms with E-state index in [9.17, 15) is 14.9 Å². The van der Waals surface area contributed by atoms with Crippen LogP contribution in [0.2, 0.25) is 0 Å². The predicted octanol–water partition coefficient (Wildman–Crippen LogP) is 0.638. The summed E-state index contributed by atoms with van der Waals surface area (Å²) in [6.07, 6.45) is -0.305. The number of methoxy groups -OCH3 is 1. The van der Waals surface area contributed by atoms with Crippen molar-refractivity contribution >= 4 is 11.7 Å². The molecule has 0 radical (unpaired) electrons. The zero-order valence-corrected chi connectivity index (χ0v) is 8.44. The Morgan fingerprint density at radius 2 is 2.19 bits per heavy atom. The first kappa shape index (κ1) is 7.34. The Hall–Kier alpha value is -1.95. The van der Waals surface area contributed by atoms with Gasteiger partial charge in [-0.3, -0.25) is 14.9 Å². The summed E-state index contributed by atoms with van der Waals surface area (Å²) in [5.41, 5.74) is 4.43. The molecule has 0 aliphatic carbocycles. The summed E-state index contributed by atoms with van der Waals surface area (Å²) in [4.78, 5) is 21.0. The zero-order valence-electron chi connectivity index (χ0n) is 12.4. The number of nitrogens with two attached hydrogens (primary N) is 1. The number of carbonyl (C=O) groups is 1. The van der Waals surface area contributed by atoms with Crippen molar-refractivity contribution in [2.75, 3.05) is 7.11 Å². The molecule has 0 heterocycles. The molecule has 6 heteroatoms. The smallest absolute Gasteiger partial charge is 0.322 e. The quantitative estimate of drug-likeness (QED) is 0.463. The molecule has 0 aliphatic rings. The van der Waals surface area contributed by atoms with Crippen molar-refractivity contribution in [1.82, 2.24) is 0 Å². The summed E-state index contributed by atoms with van der Waals surface area (Å²) >= 11 is 0. The van der Waals surface area contributed by atoms with Gasteiger partial charge in [-0.25, -0.2) is 0 Å². The van der Waals surface area contributed by atoms with Crippen LogP contribution in [0.25, 0.3) is 0 Å². The normalized spacial score (nSPS) is 15.4. The molecule has 6 nitrogen and oxygen atoms in total. The van der Waals surface area contributed by atoms with Crippen LogP contribution in [-0.4, -0.2) is 24.0 Å². The van der Waals surface area contributed by atoms with Gasteiger partial charge in [-0.1, -0.05) is 12.1 Å². The predicted molar refractivity (Wildman–Crippen MR) is 56.8 cm³/mol. The van der Waals surface area contributed by atoms with E-state index in [4.69, 9.17) is 11.2 Å². The van der Waals surface area contributed by atoms with Crippen molar-refractivity contribution in [3.05, 3.63) is 39.8 Å². The van der Waals surface area contributed by atoms with E-state index in [1.165, 1.54) is 0 Å². The lowest BCUT2D eigenvalue weighted by atomic mass is 10.1. The average molecular weight is 228 g/mol. The highest BCUT2D eigenvalue weighted by Gasteiger charge is 2.14. The number of carbonyl (C=O) groups excluding carboxylic acids is 1. The first-order valence-corrected chi connectivity index (χ1v) is 4.29. The SMILES string of the molecule is [2H]c1c([2H])c([N+](=O)[O-])c([2H])c([2H])c1C[C@H](N)C(=O)OC. The minimum absolute atomic E-state index is 0.163. The number of ether oxygens (including phenoxy) is 1. The number of nitrogens with zero attached hydrogens (tertiary/aromatic N) is 1. The first-order chi connectivity index (χ1) is 9.22. The number of nitro groups is 1. The van der Waals surface area contributed by atoms with E-state index in [-0.39, 0.29) is 12.0 Å². The summed E-state index contributed by atoms with van der Waals surface area (Å²) in [5.74, 6) is -0.778. The molecule has 1 atom stereocenters. The van der Waals surface area contributed by atoms with Gasteiger partial charge in [0.25, 0.3) is 5.69 Å². The zero-order chi connectivity index (χ0) is 15.6. The second-order valence-electron chi connectivity index (χ2n) is 2.92. The minimum atomic E-state index is -1.17. The van der Waals surface area contributed by atoms with Gasteiger partial charge in [0.15, 0.2) is 0 Å². The van der Waals surface area contributed by atoms with Gasteiger partial charge < -0.3 is 10.5 Å². The molecule has 0 saturated heterocycles. The Balaban J connectivity index is 3.36. The average Bonchev–Trinajstić information content (AvgIpc) is 2.39. The molecule has 86 valence electrons. The van der Waals surface area contributed by atoms with Crippen molar-refractivity contribution in [3.63, 3.8) is 0 Å². The van der Waals surface area contributed by atoms with E-state index in [1.54, 1.807) is 0 Å². The molecular formula is C10H12N2O4. The van der Waals surface area contributed by atoms with Crippen LogP contribution in [0.4, 0.5) is 5.69 Å². The lowest BCUT2D eigenvalue weighted by Gasteiger charge is -2.08. The number of hydrogen-bond acceptors (Lipinski definition) is 5. The van der Waals surface area contributed by atoms with E-state index < -0.39 is 46.8 Å². The third kappa shape index (κ3) is 3.03. The second-order valence-corrected chi connectivity index (χ2v) is 2.92. The molecule has 0 amide bonds. The molecule has 1 aromatic carbocycles. The molecular weight excluding hydrogens is 212 g/mol. The van der Waals surface area contributed by atoms with Crippen LogP contribution >= 0.6 is 0 Å². The fraction of sp³-hybridized carbons (Fsp3) is 0.300. The van der Waals surface area contributed by atoms with Crippen LogP contribution in [0.1, 0.15) is 11.0 Å². The molecule has 0 bridgehead atoms. The van der Waals surface area contributed by atoms with Gasteiger partial charge in [0.1, 0.15) is 6.04 Å². The van der Waals surface area contributed by atoms with Gasteiger partial charge in [0.05, 0.1) is 17.5 Å². The Morgan fingerprint density at radius 1 is 1.62 bits per heavy atom. The van der Waals surface area contributed by atoms with Gasteiger partial charge in [0, 0.05) is 12.1 Å². The van der Waals surface area contributed by atoms with E-state index in [0.29, 0.717) is 0 Å². The van der Waals surface area contributed by atoms with Crippen molar-refractivity contribution in [2.24, 2.45) is 5.73 Å². The van der Waals surface area contributed by atoms with Crippen LogP contribution < -0.4 is 5.73 Å². The molecule has 0 aromatic heterocycles. The second kappa shape index (κ2) is 5.22. The fourth-order valence-electron chi connectivity index (χ4n) is 0.980. The van der Waals surface area contributed by atoms with E-state index >= 15 is 0 Å². The molecule has 1 aromatic rings. The van der Waals surface area contributed by atoms with Gasteiger partial charge in [-0.05, 0) is 12.0 Å². The highest BCUT2D eigenvalue weighted by molar-refractivity contribution is 5.75. The molecule has 1 rings (SSSR count). The van der Waals surface area contributed by atoms with Crippen molar-refractivity contribution in [1.29, 1.82) is 0 Å². The van der Waals surface area contributed by atoms with E-state index in [1.807, 2.05) is 0 Å². The maximum atomic E-state index is 11.2. The number of rotatable bonds is 4. The number of benzene rings is 1. The number of nitro benzene ring substituents is 1. The fourth-order valence-corrected chi connectivity index (χ4v) is 0.980. The van der Waals surface area contributed by atoms with Gasteiger partial charge in [0.2, 0.25) is 0 Å². The van der Waals surface area contributed by atoms with Gasteiger partial charge in [-0.2, -0.15) is 0 Å². The molecule has 2 N–H and O–H groups in total. The van der Waals surface area contributed by atoms with Crippen molar-refractivity contribution < 1.29 is 19.9 Å². The van der Waals surface area contributed by atoms with E-state index in [2.05, 4.69) is 4.74 Å². The van der Waals surface area contributed by atoms with Crippen LogP contribution in [0, 0.1) is 10.1 Å². The summed E-state index contributed by atoms with van der Waals surface area (Å²) in [7, 11) is 1.12. The monoisotopic (exact) mass is 228 g/mol. The molecule has 0 fully saturated rings. The summed E-state index contributed by atoms with van der Waals surface area (Å²) < 4.78 is 34.7. The van der Waals surface area contributed by atoms with E-state index in [0.717, 1.165) is 7.11 Å². The van der Waals surface area contributed by atoms with Crippen LogP contribution in [0.3, 0.4) is 0 Å². The third-order valence-corrected chi connectivity index (χ3v) is 1.77. The van der Waals surface area contributed by atoms with Gasteiger partial charge >= 0.3 is 5.97 Å². The maximum absolute atomic E-state index is 11.2. The molecule has 0 unspecified atom stereocenters. The molecule has 16 heavy (non-hydrogen) atoms. The number of esters is 1. The highest BCUT2D eigenvalue weighted by atomic mass is 16.6. The topological polar surface area (TPSA) is 95.5 Å². The first-order valence-electron chi connectivity index (χ1n) is 6.29. The standard InChI is InChI=1S/C10H12N2O4/c1-16-10(13)9(11)6-7-2-4-8(5-3-7)12(14)15/h2-5,9H,6,11H2,1H3/t9-/m0/s1/i2D,3D,4D,5D. The Labute approximate surface area is 97.8 Å². The third-order valence-electron chi connectivity index (χ3n) is 1.77. The lowest BCUT2D eigenvalue weighted by molar-refractivity contribution is -0.384. The Bertz CT molecular complexity index is 550. The highest BCUT2D eigenvalue weighted by Crippen LogP contribution is 2.12. The summed E-state index contributed by atoms with van der Waals surface area (Å²) in [6, 6.07) is -3.89. The summed E-state index contributed by atoms with van der Waals surface area (Å²) in [6.45, 7) is 0. The number of hydrogen-bond donors (Lipinski definition) is 1. The van der Waals surface area contributed by atoms with Crippen LogP contribution in [0.5, 0.6) is 0 Å². The minimum Gasteiger partial charge on any atom is -0.468 e. The van der Waals surface area contributed by atoms with Crippen LogP contribution in [0.15, 0.2) is 24.2 Å². The maximum Gasteiger partial charge on any atom is 0.322 e. The Kier molecular flexibility index (Phi) is 2.40. The van der Waals surface area contributed by atoms with Crippen molar-refractivity contribution in [3.8, 4) is 0 Å². The van der Waals surface area contributed by atoms with Crippen molar-refractivity contribution in [2.45, 2.75) is 12.5 Å². The lowest BCUT2D eigenvalue weighted by Crippen LogP contribution is -2.33. The molecule has 0 spiro atoms. The van der Waals surface area contributed by atoms with Crippen LogP contribution in [-0.2, 0) is 16.0 Å². The molecule has 0 aliphatic heterocycles. The van der Waals surface area contributed by atoms with Gasteiger partial charge in [-0.15, -0.1) is 0 Å². The Morgan fingerprint density at radius 3 is 2.62 bits per heavy atom. The summed E-state index contributed by atoms with van der Waals surface area (Å²) in [5, 5.41) is 10.7. The largest absolute Gasteiger partial charge is 0.468 e. The molecule has 0 saturated carbocycles.